The average molecular weight is 545 g/mol. The number of fused-ring (bicyclic) bond motifs is 1. The highest BCUT2D eigenvalue weighted by atomic mass is 16.4. The fourth-order valence-electron chi connectivity index (χ4n) is 7.23. The molecule has 2 unspecified atom stereocenters. The number of carbonyl (C=O) groups is 1. The molecule has 6 rings (SSSR count). The van der Waals surface area contributed by atoms with Crippen molar-refractivity contribution in [3.63, 3.8) is 0 Å². The Morgan fingerprint density at radius 3 is 2.42 bits per heavy atom. The van der Waals surface area contributed by atoms with Gasteiger partial charge in [-0.25, -0.2) is 14.8 Å². The van der Waals surface area contributed by atoms with Crippen molar-refractivity contribution in [3.05, 3.63) is 41.7 Å². The first kappa shape index (κ1) is 27.0. The van der Waals surface area contributed by atoms with Crippen LogP contribution in [0.1, 0.15) is 101 Å². The van der Waals surface area contributed by atoms with Crippen molar-refractivity contribution in [2.24, 2.45) is 23.7 Å². The maximum Gasteiger partial charge on any atom is 0.374 e. The molecule has 1 aliphatic heterocycles. The van der Waals surface area contributed by atoms with Crippen LogP contribution in [0.5, 0.6) is 0 Å². The van der Waals surface area contributed by atoms with E-state index in [0.29, 0.717) is 29.2 Å². The molecule has 3 heterocycles. The molecule has 3 fully saturated rings. The number of aromatic carboxylic acids is 1. The summed E-state index contributed by atoms with van der Waals surface area (Å²) in [6.45, 7) is 8.66. The second kappa shape index (κ2) is 11.4. The van der Waals surface area contributed by atoms with E-state index in [9.17, 15) is 9.90 Å². The van der Waals surface area contributed by atoms with Crippen LogP contribution in [0.25, 0.3) is 11.2 Å². The number of imidazole rings is 1. The molecule has 8 nitrogen and oxygen atoms in total. The quantitative estimate of drug-likeness (QED) is 0.317. The van der Waals surface area contributed by atoms with Crippen molar-refractivity contribution in [1.82, 2.24) is 19.5 Å². The lowest BCUT2D eigenvalue weighted by atomic mass is 9.80. The SMILES string of the molecule is CC1CCC(Cn2c(N3CCCC(C)C3c3ccccc3)nc3nc(C(=O)O)nc(N[C@H](C)C4CCC4)c32)CC1. The number of carboxylic acids is 1. The van der Waals surface area contributed by atoms with Gasteiger partial charge in [-0.05, 0) is 74.7 Å². The standard InChI is InChI=1S/C32H44N6O2/c1-20-14-16-23(17-15-20)19-38-27-28(33-22(3)24-12-7-13-24)34-30(31(39)40)35-29(27)36-32(38)37-18-8-9-21(2)26(37)25-10-5-4-6-11-25/h4-6,10-11,20-24,26H,7-9,12-19H2,1-3H3,(H,39,40)(H,33,34,35)/t20?,21?,22-,23?,26?/m1/s1. The third-order valence-electron chi connectivity index (χ3n) is 9.90. The Hall–Kier alpha value is -3.16. The molecule has 2 saturated carbocycles. The minimum Gasteiger partial charge on any atom is -0.475 e. The van der Waals surface area contributed by atoms with E-state index in [1.54, 1.807) is 0 Å². The number of rotatable bonds is 8. The van der Waals surface area contributed by atoms with Gasteiger partial charge in [-0.2, -0.15) is 4.98 Å². The summed E-state index contributed by atoms with van der Waals surface area (Å²) >= 11 is 0. The number of piperidine rings is 1. The number of hydrogen-bond donors (Lipinski definition) is 2. The molecule has 2 aromatic heterocycles. The van der Waals surface area contributed by atoms with Gasteiger partial charge in [-0.1, -0.05) is 63.4 Å². The lowest BCUT2D eigenvalue weighted by Gasteiger charge is -2.41. The zero-order chi connectivity index (χ0) is 27.8. The highest BCUT2D eigenvalue weighted by Crippen LogP contribution is 2.42. The fraction of sp³-hybridized carbons (Fsp3) is 0.625. The van der Waals surface area contributed by atoms with Gasteiger partial charge in [-0.15, -0.1) is 0 Å². The van der Waals surface area contributed by atoms with E-state index in [2.05, 4.69) is 75.9 Å². The normalized spacial score (nSPS) is 26.4. The molecule has 3 aliphatic rings. The van der Waals surface area contributed by atoms with Crippen molar-refractivity contribution >= 4 is 28.9 Å². The second-order valence-corrected chi connectivity index (χ2v) is 12.8. The molecule has 1 aromatic carbocycles. The maximum absolute atomic E-state index is 12.1. The van der Waals surface area contributed by atoms with E-state index >= 15 is 0 Å². The van der Waals surface area contributed by atoms with Crippen molar-refractivity contribution in [2.45, 2.75) is 97.2 Å². The first-order chi connectivity index (χ1) is 19.4. The molecule has 0 spiro atoms. The van der Waals surface area contributed by atoms with Crippen molar-refractivity contribution in [2.75, 3.05) is 16.8 Å². The highest BCUT2D eigenvalue weighted by molar-refractivity contribution is 5.91. The van der Waals surface area contributed by atoms with Crippen molar-refractivity contribution < 1.29 is 9.90 Å². The number of nitrogens with zero attached hydrogens (tertiary/aromatic N) is 5. The largest absolute Gasteiger partial charge is 0.475 e. The first-order valence-electron chi connectivity index (χ1n) is 15.5. The Bertz CT molecular complexity index is 1330. The number of anilines is 2. The summed E-state index contributed by atoms with van der Waals surface area (Å²) in [5.41, 5.74) is 2.64. The molecule has 3 atom stereocenters. The molecule has 40 heavy (non-hydrogen) atoms. The molecule has 0 amide bonds. The van der Waals surface area contributed by atoms with Crippen LogP contribution in [0.4, 0.5) is 11.8 Å². The molecular weight excluding hydrogens is 500 g/mol. The van der Waals surface area contributed by atoms with Crippen LogP contribution >= 0.6 is 0 Å². The summed E-state index contributed by atoms with van der Waals surface area (Å²) in [7, 11) is 0. The Labute approximate surface area is 237 Å². The molecule has 1 saturated heterocycles. The summed E-state index contributed by atoms with van der Waals surface area (Å²) in [5, 5.41) is 13.5. The molecule has 8 heteroatoms. The van der Waals surface area contributed by atoms with Gasteiger partial charge in [0.25, 0.3) is 0 Å². The topological polar surface area (TPSA) is 96.2 Å². The maximum atomic E-state index is 12.1. The van der Waals surface area contributed by atoms with E-state index in [4.69, 9.17) is 4.98 Å². The van der Waals surface area contributed by atoms with Crippen LogP contribution in [0.3, 0.4) is 0 Å². The van der Waals surface area contributed by atoms with E-state index in [0.717, 1.165) is 36.9 Å². The summed E-state index contributed by atoms with van der Waals surface area (Å²) in [6, 6.07) is 11.2. The number of nitrogens with one attached hydrogen (secondary N) is 1. The average Bonchev–Trinajstić information content (AvgIpc) is 3.27. The van der Waals surface area contributed by atoms with Crippen LogP contribution in [-0.2, 0) is 6.54 Å². The van der Waals surface area contributed by atoms with E-state index in [-0.39, 0.29) is 17.9 Å². The minimum absolute atomic E-state index is 0.190. The number of benzene rings is 1. The third-order valence-corrected chi connectivity index (χ3v) is 9.90. The summed E-state index contributed by atoms with van der Waals surface area (Å²) in [6.07, 6.45) is 10.8. The van der Waals surface area contributed by atoms with Crippen molar-refractivity contribution in [1.29, 1.82) is 0 Å². The smallest absolute Gasteiger partial charge is 0.374 e. The van der Waals surface area contributed by atoms with Crippen LogP contribution in [-0.4, -0.2) is 43.2 Å². The zero-order valence-electron chi connectivity index (χ0n) is 24.2. The zero-order valence-corrected chi connectivity index (χ0v) is 24.2. The van der Waals surface area contributed by atoms with Crippen LogP contribution in [0, 0.1) is 23.7 Å². The lowest BCUT2D eigenvalue weighted by molar-refractivity contribution is 0.0684. The molecule has 0 bridgehead atoms. The predicted octanol–water partition coefficient (Wildman–Crippen LogP) is 6.93. The third kappa shape index (κ3) is 5.29. The van der Waals surface area contributed by atoms with Gasteiger partial charge in [0.2, 0.25) is 11.8 Å². The van der Waals surface area contributed by atoms with E-state index < -0.39 is 5.97 Å². The van der Waals surface area contributed by atoms with E-state index in [1.165, 1.54) is 56.9 Å². The highest BCUT2D eigenvalue weighted by Gasteiger charge is 2.35. The summed E-state index contributed by atoms with van der Waals surface area (Å²) < 4.78 is 2.35. The van der Waals surface area contributed by atoms with Gasteiger partial charge in [0.1, 0.15) is 5.52 Å². The number of carboxylic acid groups (broad SMARTS) is 1. The molecule has 0 radical (unpaired) electrons. The molecule has 3 aromatic rings. The van der Waals surface area contributed by atoms with Crippen LogP contribution in [0.15, 0.2) is 30.3 Å². The second-order valence-electron chi connectivity index (χ2n) is 12.8. The molecular formula is C32H44N6O2. The fourth-order valence-corrected chi connectivity index (χ4v) is 7.23. The van der Waals surface area contributed by atoms with Gasteiger partial charge in [0.05, 0.1) is 6.04 Å². The van der Waals surface area contributed by atoms with Gasteiger partial charge in [-0.3, -0.25) is 0 Å². The van der Waals surface area contributed by atoms with Gasteiger partial charge >= 0.3 is 5.97 Å². The lowest BCUT2D eigenvalue weighted by Crippen LogP contribution is -2.40. The van der Waals surface area contributed by atoms with Crippen molar-refractivity contribution in [3.8, 4) is 0 Å². The monoisotopic (exact) mass is 544 g/mol. The summed E-state index contributed by atoms with van der Waals surface area (Å²) in [4.78, 5) is 28.8. The number of hydrogen-bond acceptors (Lipinski definition) is 6. The van der Waals surface area contributed by atoms with Crippen LogP contribution < -0.4 is 10.2 Å². The Kier molecular flexibility index (Phi) is 7.69. The predicted molar refractivity (Wildman–Crippen MR) is 159 cm³/mol. The van der Waals surface area contributed by atoms with Gasteiger partial charge < -0.3 is 19.9 Å². The number of aromatic nitrogens is 4. The summed E-state index contributed by atoms with van der Waals surface area (Å²) in [5.74, 6) is 2.61. The molecule has 214 valence electrons. The molecule has 2 N–H and O–H groups in total. The van der Waals surface area contributed by atoms with Crippen LogP contribution in [0.2, 0.25) is 0 Å². The van der Waals surface area contributed by atoms with Gasteiger partial charge in [0.15, 0.2) is 11.5 Å². The Morgan fingerprint density at radius 1 is 1.00 bits per heavy atom. The minimum atomic E-state index is -1.12. The van der Waals surface area contributed by atoms with Gasteiger partial charge in [0, 0.05) is 19.1 Å². The van der Waals surface area contributed by atoms with E-state index in [1.807, 2.05) is 0 Å². The molecule has 2 aliphatic carbocycles. The Morgan fingerprint density at radius 2 is 1.75 bits per heavy atom. The Balaban J connectivity index is 1.49. The first-order valence-corrected chi connectivity index (χ1v) is 15.5.